The number of amides is 2. The number of carbonyl (C=O) groups is 2. The molecule has 1 rings (SSSR count). The molecule has 144 valence electrons. The average Bonchev–Trinajstić information content (AvgIpc) is 2.63. The van der Waals surface area contributed by atoms with Gasteiger partial charge in [-0.3, -0.25) is 9.59 Å². The second-order valence-corrected chi connectivity index (χ2v) is 6.09. The van der Waals surface area contributed by atoms with E-state index in [-0.39, 0.29) is 18.4 Å². The van der Waals surface area contributed by atoms with Crippen LogP contribution in [0.2, 0.25) is 5.02 Å². The second kappa shape index (κ2) is 11.4. The van der Waals surface area contributed by atoms with Gasteiger partial charge in [-0.05, 0) is 36.6 Å². The summed E-state index contributed by atoms with van der Waals surface area (Å²) in [6.07, 6.45) is 4.69. The zero-order valence-corrected chi connectivity index (χ0v) is 16.6. The summed E-state index contributed by atoms with van der Waals surface area (Å²) in [6.45, 7) is 5.10. The number of hydrogen-bond donors (Lipinski definition) is 1. The van der Waals surface area contributed by atoms with Gasteiger partial charge in [0.2, 0.25) is 11.8 Å². The first-order valence-corrected chi connectivity index (χ1v) is 8.99. The molecule has 0 aliphatic rings. The quantitative estimate of drug-likeness (QED) is 0.631. The maximum atomic E-state index is 12.4. The Labute approximate surface area is 160 Å². The van der Waals surface area contributed by atoms with Gasteiger partial charge in [0.05, 0.1) is 25.8 Å². The van der Waals surface area contributed by atoms with Gasteiger partial charge in [0.15, 0.2) is 11.5 Å². The van der Waals surface area contributed by atoms with E-state index in [1.165, 1.54) is 25.2 Å². The molecule has 7 heteroatoms. The molecule has 26 heavy (non-hydrogen) atoms. The molecule has 0 radical (unpaired) electrons. The minimum Gasteiger partial charge on any atom is -0.493 e. The summed E-state index contributed by atoms with van der Waals surface area (Å²) in [4.78, 5) is 25.9. The van der Waals surface area contributed by atoms with Crippen molar-refractivity contribution in [3.63, 3.8) is 0 Å². The van der Waals surface area contributed by atoms with E-state index in [0.717, 1.165) is 12.8 Å². The van der Waals surface area contributed by atoms with Crippen molar-refractivity contribution in [3.8, 4) is 11.5 Å². The van der Waals surface area contributed by atoms with E-state index < -0.39 is 0 Å². The molecule has 0 fully saturated rings. The smallest absolute Gasteiger partial charge is 0.247 e. The van der Waals surface area contributed by atoms with Gasteiger partial charge in [-0.2, -0.15) is 0 Å². The summed E-state index contributed by atoms with van der Waals surface area (Å²) >= 11 is 6.17. The van der Waals surface area contributed by atoms with Crippen molar-refractivity contribution in [2.75, 3.05) is 33.9 Å². The topological polar surface area (TPSA) is 67.9 Å². The lowest BCUT2D eigenvalue weighted by atomic mass is 10.2. The zero-order valence-electron chi connectivity index (χ0n) is 15.8. The Hall–Kier alpha value is -2.21. The van der Waals surface area contributed by atoms with E-state index in [9.17, 15) is 9.59 Å². The molecule has 1 aromatic rings. The van der Waals surface area contributed by atoms with Crippen LogP contribution in [-0.2, 0) is 9.59 Å². The van der Waals surface area contributed by atoms with Crippen molar-refractivity contribution in [2.45, 2.75) is 26.7 Å². The van der Waals surface area contributed by atoms with Gasteiger partial charge in [-0.25, -0.2) is 0 Å². The van der Waals surface area contributed by atoms with Crippen molar-refractivity contribution < 1.29 is 19.1 Å². The van der Waals surface area contributed by atoms with Crippen molar-refractivity contribution in [1.82, 2.24) is 10.2 Å². The molecular formula is C19H27ClN2O4. The van der Waals surface area contributed by atoms with Gasteiger partial charge in [0, 0.05) is 19.2 Å². The first-order chi connectivity index (χ1) is 12.5. The predicted octanol–water partition coefficient (Wildman–Crippen LogP) is 3.14. The highest BCUT2D eigenvalue weighted by atomic mass is 35.5. The largest absolute Gasteiger partial charge is 0.493 e. The van der Waals surface area contributed by atoms with Crippen LogP contribution in [0.4, 0.5) is 0 Å². The standard InChI is InChI=1S/C19H27ClN2O4/c1-5-9-21-17(23)13-22(10-6-2)18(24)8-7-14-11-15(20)19(26-4)16(12-14)25-3/h7-8,11-12H,5-6,9-10,13H2,1-4H3,(H,21,23). The number of nitrogens with zero attached hydrogens (tertiary/aromatic N) is 1. The van der Waals surface area contributed by atoms with E-state index in [4.69, 9.17) is 21.1 Å². The molecule has 0 atom stereocenters. The van der Waals surface area contributed by atoms with Crippen LogP contribution in [0.25, 0.3) is 6.08 Å². The zero-order chi connectivity index (χ0) is 19.5. The van der Waals surface area contributed by atoms with Gasteiger partial charge in [-0.15, -0.1) is 0 Å². The lowest BCUT2D eigenvalue weighted by molar-refractivity contribution is -0.132. The third-order valence-corrected chi connectivity index (χ3v) is 3.87. The van der Waals surface area contributed by atoms with E-state index >= 15 is 0 Å². The van der Waals surface area contributed by atoms with Gasteiger partial charge < -0.3 is 19.7 Å². The second-order valence-electron chi connectivity index (χ2n) is 5.68. The Morgan fingerprint density at radius 1 is 1.19 bits per heavy atom. The van der Waals surface area contributed by atoms with Crippen LogP contribution >= 0.6 is 11.6 Å². The van der Waals surface area contributed by atoms with Gasteiger partial charge in [0.1, 0.15) is 0 Å². The summed E-state index contributed by atoms with van der Waals surface area (Å²) in [7, 11) is 3.03. The number of hydrogen-bond acceptors (Lipinski definition) is 4. The summed E-state index contributed by atoms with van der Waals surface area (Å²) in [5.41, 5.74) is 0.702. The Kier molecular flexibility index (Phi) is 9.58. The van der Waals surface area contributed by atoms with E-state index in [1.54, 1.807) is 18.2 Å². The molecule has 0 saturated heterocycles. The minimum absolute atomic E-state index is 0.0453. The molecule has 6 nitrogen and oxygen atoms in total. The van der Waals surface area contributed by atoms with E-state index in [0.29, 0.717) is 35.2 Å². The van der Waals surface area contributed by atoms with Crippen molar-refractivity contribution >= 4 is 29.5 Å². The first kappa shape index (κ1) is 21.8. The van der Waals surface area contributed by atoms with Crippen molar-refractivity contribution in [1.29, 1.82) is 0 Å². The lowest BCUT2D eigenvalue weighted by Crippen LogP contribution is -2.40. The molecule has 0 saturated carbocycles. The maximum absolute atomic E-state index is 12.4. The SMILES string of the molecule is CCCNC(=O)CN(CCC)C(=O)C=Cc1cc(Cl)c(OC)c(OC)c1. The minimum atomic E-state index is -0.232. The summed E-state index contributed by atoms with van der Waals surface area (Å²) < 4.78 is 10.4. The number of benzene rings is 1. The van der Waals surface area contributed by atoms with Gasteiger partial charge in [0.25, 0.3) is 0 Å². The maximum Gasteiger partial charge on any atom is 0.247 e. The van der Waals surface area contributed by atoms with Crippen LogP contribution < -0.4 is 14.8 Å². The Bertz CT molecular complexity index is 647. The molecule has 1 aromatic carbocycles. The number of nitrogens with one attached hydrogen (secondary N) is 1. The van der Waals surface area contributed by atoms with Crippen LogP contribution in [0, 0.1) is 0 Å². The molecule has 2 amide bonds. The summed E-state index contributed by atoms with van der Waals surface area (Å²) in [5.74, 6) is 0.537. The molecule has 0 unspecified atom stereocenters. The van der Waals surface area contributed by atoms with Crippen LogP contribution in [0.3, 0.4) is 0 Å². The third-order valence-electron chi connectivity index (χ3n) is 3.59. The number of ether oxygens (including phenoxy) is 2. The number of rotatable bonds is 10. The lowest BCUT2D eigenvalue weighted by Gasteiger charge is -2.20. The number of carbonyl (C=O) groups excluding carboxylic acids is 2. The monoisotopic (exact) mass is 382 g/mol. The van der Waals surface area contributed by atoms with Gasteiger partial charge in [-0.1, -0.05) is 25.4 Å². The van der Waals surface area contributed by atoms with Crippen LogP contribution in [0.5, 0.6) is 11.5 Å². The molecule has 0 aliphatic heterocycles. The van der Waals surface area contributed by atoms with Crippen LogP contribution in [0.1, 0.15) is 32.3 Å². The van der Waals surface area contributed by atoms with Crippen molar-refractivity contribution in [2.24, 2.45) is 0 Å². The van der Waals surface area contributed by atoms with Crippen LogP contribution in [-0.4, -0.2) is 50.6 Å². The van der Waals surface area contributed by atoms with Crippen molar-refractivity contribution in [3.05, 3.63) is 28.8 Å². The first-order valence-electron chi connectivity index (χ1n) is 8.61. The molecule has 0 aromatic heterocycles. The molecule has 0 aliphatic carbocycles. The third kappa shape index (κ3) is 6.59. The Morgan fingerprint density at radius 3 is 2.50 bits per heavy atom. The fourth-order valence-corrected chi connectivity index (χ4v) is 2.63. The highest BCUT2D eigenvalue weighted by molar-refractivity contribution is 6.32. The average molecular weight is 383 g/mol. The summed E-state index contributed by atoms with van der Waals surface area (Å²) in [6, 6.07) is 3.41. The molecule has 0 heterocycles. The molecular weight excluding hydrogens is 356 g/mol. The molecule has 0 bridgehead atoms. The number of methoxy groups -OCH3 is 2. The number of halogens is 1. The van der Waals surface area contributed by atoms with E-state index in [1.807, 2.05) is 13.8 Å². The fourth-order valence-electron chi connectivity index (χ4n) is 2.34. The molecule has 0 spiro atoms. The van der Waals surface area contributed by atoms with Crippen LogP contribution in [0.15, 0.2) is 18.2 Å². The Morgan fingerprint density at radius 2 is 1.92 bits per heavy atom. The fraction of sp³-hybridized carbons (Fsp3) is 0.474. The van der Waals surface area contributed by atoms with E-state index in [2.05, 4.69) is 5.32 Å². The Balaban J connectivity index is 2.88. The summed E-state index contributed by atoms with van der Waals surface area (Å²) in [5, 5.41) is 3.17. The highest BCUT2D eigenvalue weighted by Gasteiger charge is 2.14. The normalized spacial score (nSPS) is 10.7. The predicted molar refractivity (Wildman–Crippen MR) is 104 cm³/mol. The highest BCUT2D eigenvalue weighted by Crippen LogP contribution is 2.36. The molecule has 1 N–H and O–H groups in total. The van der Waals surface area contributed by atoms with Gasteiger partial charge >= 0.3 is 0 Å².